The van der Waals surface area contributed by atoms with Gasteiger partial charge in [-0.05, 0) is 63.5 Å². The van der Waals surface area contributed by atoms with Crippen LogP contribution in [0.25, 0.3) is 0 Å². The van der Waals surface area contributed by atoms with Crippen molar-refractivity contribution in [1.82, 2.24) is 0 Å². The third kappa shape index (κ3) is 6.54. The number of rotatable bonds is 4. The normalized spacial score (nSPS) is 13.3. The second kappa shape index (κ2) is 5.87. The summed E-state index contributed by atoms with van der Waals surface area (Å²) in [6.07, 6.45) is 0. The second-order valence-corrected chi connectivity index (χ2v) is 15.2. The molecule has 0 saturated heterocycles. The lowest BCUT2D eigenvalue weighted by Gasteiger charge is -2.22. The number of oxime groups is 1. The van der Waals surface area contributed by atoms with Crippen LogP contribution in [0.4, 0.5) is 4.39 Å². The average Bonchev–Trinajstić information content (AvgIpc) is 2.23. The Morgan fingerprint density at radius 2 is 1.47 bits per heavy atom. The Morgan fingerprint density at radius 1 is 0.947 bits per heavy atom. The minimum atomic E-state index is -1.80. The zero-order valence-corrected chi connectivity index (χ0v) is 14.5. The molecule has 0 fully saturated rings. The molecule has 1 aromatic carbocycles. The van der Waals surface area contributed by atoms with E-state index < -0.39 is 16.6 Å². The molecular weight excluding hydrogens is 277 g/mol. The molecule has 0 bridgehead atoms. The standard InChI is InChI=1S/C13H22FNO2Si2/c1-18(2,3)16-13(15-17-19(4,5)6)11-7-9-12(14)10-8-11/h7-10H,1-6H3/b15-13-. The molecule has 0 radical (unpaired) electrons. The first-order chi connectivity index (χ1) is 8.57. The van der Waals surface area contributed by atoms with Crippen molar-refractivity contribution in [2.45, 2.75) is 39.3 Å². The Labute approximate surface area is 116 Å². The molecule has 0 heterocycles. The second-order valence-electron chi connectivity index (χ2n) is 6.32. The highest BCUT2D eigenvalue weighted by Gasteiger charge is 2.22. The van der Waals surface area contributed by atoms with Crippen LogP contribution in [0.15, 0.2) is 29.4 Å². The van der Waals surface area contributed by atoms with Crippen LogP contribution in [-0.2, 0) is 8.95 Å². The molecule has 0 atom stereocenters. The Balaban J connectivity index is 3.02. The molecule has 1 aromatic rings. The zero-order valence-electron chi connectivity index (χ0n) is 12.5. The minimum Gasteiger partial charge on any atom is -0.529 e. The van der Waals surface area contributed by atoms with E-state index in [0.29, 0.717) is 5.90 Å². The molecule has 6 heteroatoms. The van der Waals surface area contributed by atoms with Gasteiger partial charge in [0, 0.05) is 5.56 Å². The maximum absolute atomic E-state index is 13.0. The van der Waals surface area contributed by atoms with Crippen LogP contribution in [0, 0.1) is 5.82 Å². The first-order valence-electron chi connectivity index (χ1n) is 6.28. The number of hydrogen-bond donors (Lipinski definition) is 0. The first kappa shape index (κ1) is 15.9. The SMILES string of the molecule is C[Si](C)(C)O/N=C(\O[Si](C)(C)C)c1ccc(F)cc1. The summed E-state index contributed by atoms with van der Waals surface area (Å²) in [7, 11) is -3.57. The van der Waals surface area contributed by atoms with Crippen molar-refractivity contribution in [3.05, 3.63) is 35.6 Å². The van der Waals surface area contributed by atoms with Crippen molar-refractivity contribution in [3.8, 4) is 0 Å². The lowest BCUT2D eigenvalue weighted by molar-refractivity contribution is 0.320. The number of benzene rings is 1. The molecule has 0 unspecified atom stereocenters. The topological polar surface area (TPSA) is 30.8 Å². The summed E-state index contributed by atoms with van der Waals surface area (Å²) in [5.41, 5.74) is 0.738. The molecule has 0 aliphatic rings. The predicted octanol–water partition coefficient (Wildman–Crippen LogP) is 4.19. The maximum Gasteiger partial charge on any atom is 0.278 e. The van der Waals surface area contributed by atoms with E-state index in [4.69, 9.17) is 8.95 Å². The fraction of sp³-hybridized carbons (Fsp3) is 0.462. The van der Waals surface area contributed by atoms with Gasteiger partial charge in [-0.25, -0.2) is 4.39 Å². The number of halogens is 1. The molecule has 0 amide bonds. The van der Waals surface area contributed by atoms with Gasteiger partial charge in [0.05, 0.1) is 0 Å². The van der Waals surface area contributed by atoms with Gasteiger partial charge in [0.2, 0.25) is 14.2 Å². The van der Waals surface area contributed by atoms with Gasteiger partial charge in [-0.1, -0.05) is 5.16 Å². The summed E-state index contributed by atoms with van der Waals surface area (Å²) in [6, 6.07) is 6.10. The van der Waals surface area contributed by atoms with Crippen LogP contribution in [-0.4, -0.2) is 22.5 Å². The van der Waals surface area contributed by atoms with Gasteiger partial charge in [0.15, 0.2) is 0 Å². The van der Waals surface area contributed by atoms with Crippen molar-refractivity contribution in [3.63, 3.8) is 0 Å². The monoisotopic (exact) mass is 299 g/mol. The maximum atomic E-state index is 13.0. The van der Waals surface area contributed by atoms with Gasteiger partial charge < -0.3 is 8.95 Å². The molecule has 1 rings (SSSR count). The van der Waals surface area contributed by atoms with Crippen molar-refractivity contribution in [1.29, 1.82) is 0 Å². The van der Waals surface area contributed by atoms with Crippen LogP contribution in [0.5, 0.6) is 0 Å². The molecule has 3 nitrogen and oxygen atoms in total. The fourth-order valence-corrected chi connectivity index (χ4v) is 2.28. The van der Waals surface area contributed by atoms with E-state index in [1.165, 1.54) is 12.1 Å². The van der Waals surface area contributed by atoms with Crippen molar-refractivity contribution in [2.75, 3.05) is 0 Å². The van der Waals surface area contributed by atoms with Gasteiger partial charge in [-0.2, -0.15) is 0 Å². The molecule has 106 valence electrons. The van der Waals surface area contributed by atoms with Gasteiger partial charge >= 0.3 is 0 Å². The van der Waals surface area contributed by atoms with Crippen LogP contribution in [0.1, 0.15) is 5.56 Å². The van der Waals surface area contributed by atoms with Crippen molar-refractivity contribution < 1.29 is 13.3 Å². The highest BCUT2D eigenvalue weighted by atomic mass is 28.4. The summed E-state index contributed by atoms with van der Waals surface area (Å²) in [6.45, 7) is 12.4. The largest absolute Gasteiger partial charge is 0.529 e. The van der Waals surface area contributed by atoms with Gasteiger partial charge in [0.25, 0.3) is 8.32 Å². The van der Waals surface area contributed by atoms with Crippen LogP contribution in [0.2, 0.25) is 39.3 Å². The average molecular weight is 299 g/mol. The third-order valence-electron chi connectivity index (χ3n) is 1.90. The summed E-state index contributed by atoms with van der Waals surface area (Å²) < 4.78 is 24.4. The number of hydrogen-bond acceptors (Lipinski definition) is 3. The Kier molecular flexibility index (Phi) is 4.92. The summed E-state index contributed by atoms with van der Waals surface area (Å²) >= 11 is 0. The van der Waals surface area contributed by atoms with E-state index in [1.807, 2.05) is 19.6 Å². The molecule has 0 saturated carbocycles. The predicted molar refractivity (Wildman–Crippen MR) is 81.8 cm³/mol. The molecule has 0 aliphatic heterocycles. The fourth-order valence-electron chi connectivity index (χ4n) is 1.19. The highest BCUT2D eigenvalue weighted by Crippen LogP contribution is 2.13. The van der Waals surface area contributed by atoms with Gasteiger partial charge in [0.1, 0.15) is 5.82 Å². The van der Waals surface area contributed by atoms with Crippen molar-refractivity contribution >= 4 is 22.5 Å². The van der Waals surface area contributed by atoms with Crippen LogP contribution in [0.3, 0.4) is 0 Å². The third-order valence-corrected chi connectivity index (χ3v) is 3.34. The lowest BCUT2D eigenvalue weighted by Crippen LogP contribution is -2.31. The smallest absolute Gasteiger partial charge is 0.278 e. The molecule has 0 spiro atoms. The van der Waals surface area contributed by atoms with E-state index in [-0.39, 0.29) is 5.82 Å². The summed E-state index contributed by atoms with van der Waals surface area (Å²) in [5.74, 6) is 0.170. The summed E-state index contributed by atoms with van der Waals surface area (Å²) in [5, 5.41) is 4.15. The van der Waals surface area contributed by atoms with E-state index in [0.717, 1.165) is 5.56 Å². The van der Waals surface area contributed by atoms with E-state index >= 15 is 0 Å². The molecule has 0 aromatic heterocycles. The van der Waals surface area contributed by atoms with E-state index in [9.17, 15) is 4.39 Å². The molecular formula is C13H22FNO2Si2. The van der Waals surface area contributed by atoms with Gasteiger partial charge in [-0.3, -0.25) is 0 Å². The highest BCUT2D eigenvalue weighted by molar-refractivity contribution is 6.71. The quantitative estimate of drug-likeness (QED) is 0.361. The molecule has 0 N–H and O–H groups in total. The van der Waals surface area contributed by atoms with Crippen LogP contribution < -0.4 is 0 Å². The van der Waals surface area contributed by atoms with E-state index in [1.54, 1.807) is 12.1 Å². The lowest BCUT2D eigenvalue weighted by atomic mass is 10.2. The van der Waals surface area contributed by atoms with Crippen LogP contribution >= 0.6 is 0 Å². The van der Waals surface area contributed by atoms with Crippen molar-refractivity contribution in [2.24, 2.45) is 5.16 Å². The molecule has 19 heavy (non-hydrogen) atoms. The Hall–Kier alpha value is -1.15. The zero-order chi connectivity index (χ0) is 14.7. The summed E-state index contributed by atoms with van der Waals surface area (Å²) in [4.78, 5) is 0. The van der Waals surface area contributed by atoms with E-state index in [2.05, 4.69) is 24.8 Å². The Morgan fingerprint density at radius 3 is 1.89 bits per heavy atom. The van der Waals surface area contributed by atoms with Gasteiger partial charge in [-0.15, -0.1) is 0 Å². The Bertz CT molecular complexity index is 447. The minimum absolute atomic E-state index is 0.276. The first-order valence-corrected chi connectivity index (χ1v) is 13.1. The number of nitrogens with zero attached hydrogens (tertiary/aromatic N) is 1. The molecule has 0 aliphatic carbocycles.